The fourth-order valence-corrected chi connectivity index (χ4v) is 2.15. The highest BCUT2D eigenvalue weighted by atomic mass is 79.9. The van der Waals surface area contributed by atoms with E-state index in [9.17, 15) is 14.9 Å². The fraction of sp³-hybridized carbons (Fsp3) is 0.167. The Morgan fingerprint density at radius 3 is 2.81 bits per heavy atom. The Hall–Kier alpha value is -2.42. The summed E-state index contributed by atoms with van der Waals surface area (Å²) in [5, 5.41) is 22.4. The maximum Gasteiger partial charge on any atom is 0.339 e. The van der Waals surface area contributed by atoms with Gasteiger partial charge in [-0.15, -0.1) is 0 Å². The lowest BCUT2D eigenvalue weighted by Gasteiger charge is -2.05. The molecule has 2 aromatic heterocycles. The maximum atomic E-state index is 10.9. The Morgan fingerprint density at radius 1 is 1.57 bits per heavy atom. The lowest BCUT2D eigenvalue weighted by molar-refractivity contribution is -0.385. The number of aromatic carboxylic acids is 1. The third-order valence-corrected chi connectivity index (χ3v) is 3.27. The number of hydrogen-bond acceptors (Lipinski definition) is 6. The van der Waals surface area contributed by atoms with Crippen LogP contribution in [0.3, 0.4) is 0 Å². The number of nitrogens with one attached hydrogen (secondary N) is 1. The number of carboxylic acids is 1. The standard InChI is InChI=1S/C12H10BrN3O5/c1-6-9(12(17)18)3-8(21-6)5-15-11-10(13)2-7(4-14-11)16(19)20/h2-4H,5H2,1H3,(H,14,15)(H,17,18). The number of aromatic nitrogens is 1. The third kappa shape index (κ3) is 3.37. The summed E-state index contributed by atoms with van der Waals surface area (Å²) in [5.74, 6) is 0.0793. The molecule has 2 aromatic rings. The van der Waals surface area contributed by atoms with Crippen LogP contribution in [-0.2, 0) is 6.54 Å². The fourth-order valence-electron chi connectivity index (χ4n) is 1.67. The van der Waals surface area contributed by atoms with E-state index in [1.54, 1.807) is 6.92 Å². The summed E-state index contributed by atoms with van der Waals surface area (Å²) >= 11 is 3.18. The number of furan rings is 1. The molecular weight excluding hydrogens is 346 g/mol. The van der Waals surface area contributed by atoms with Crippen LogP contribution in [0.15, 0.2) is 27.2 Å². The van der Waals surface area contributed by atoms with E-state index >= 15 is 0 Å². The largest absolute Gasteiger partial charge is 0.478 e. The van der Waals surface area contributed by atoms with Crippen LogP contribution in [0.25, 0.3) is 0 Å². The molecule has 8 nitrogen and oxygen atoms in total. The molecule has 0 radical (unpaired) electrons. The SMILES string of the molecule is Cc1oc(CNc2ncc([N+](=O)[O-])cc2Br)cc1C(=O)O. The molecule has 2 heterocycles. The van der Waals surface area contributed by atoms with Gasteiger partial charge in [0.05, 0.1) is 15.9 Å². The molecule has 0 unspecified atom stereocenters. The van der Waals surface area contributed by atoms with E-state index < -0.39 is 10.9 Å². The van der Waals surface area contributed by atoms with Crippen molar-refractivity contribution in [3.8, 4) is 0 Å². The van der Waals surface area contributed by atoms with Crippen molar-refractivity contribution < 1.29 is 19.2 Å². The number of rotatable bonds is 5. The Morgan fingerprint density at radius 2 is 2.29 bits per heavy atom. The lowest BCUT2D eigenvalue weighted by atomic mass is 10.2. The van der Waals surface area contributed by atoms with Crippen molar-refractivity contribution in [3.05, 3.63) is 50.0 Å². The second kappa shape index (κ2) is 5.92. The third-order valence-electron chi connectivity index (χ3n) is 2.67. The number of halogens is 1. The van der Waals surface area contributed by atoms with Gasteiger partial charge in [-0.05, 0) is 28.9 Å². The highest BCUT2D eigenvalue weighted by Crippen LogP contribution is 2.25. The first-order valence-electron chi connectivity index (χ1n) is 5.75. The van der Waals surface area contributed by atoms with Gasteiger partial charge in [0.15, 0.2) is 0 Å². The topological polar surface area (TPSA) is 119 Å². The minimum Gasteiger partial charge on any atom is -0.478 e. The second-order valence-electron chi connectivity index (χ2n) is 4.12. The number of carboxylic acid groups (broad SMARTS) is 1. The molecule has 0 bridgehead atoms. The van der Waals surface area contributed by atoms with Gasteiger partial charge >= 0.3 is 5.97 Å². The van der Waals surface area contributed by atoms with E-state index in [1.807, 2.05) is 0 Å². The smallest absolute Gasteiger partial charge is 0.339 e. The predicted octanol–water partition coefficient (Wildman–Crippen LogP) is 2.96. The Labute approximate surface area is 127 Å². The van der Waals surface area contributed by atoms with Crippen LogP contribution in [-0.4, -0.2) is 21.0 Å². The van der Waals surface area contributed by atoms with Crippen LogP contribution in [0.1, 0.15) is 21.9 Å². The van der Waals surface area contributed by atoms with Gasteiger partial charge in [0.1, 0.15) is 29.1 Å². The van der Waals surface area contributed by atoms with Gasteiger partial charge in [-0.1, -0.05) is 0 Å². The van der Waals surface area contributed by atoms with Crippen LogP contribution in [0.2, 0.25) is 0 Å². The minimum atomic E-state index is -1.06. The first-order valence-corrected chi connectivity index (χ1v) is 6.54. The summed E-state index contributed by atoms with van der Waals surface area (Å²) in [6.07, 6.45) is 1.13. The maximum absolute atomic E-state index is 10.9. The molecule has 2 rings (SSSR count). The lowest BCUT2D eigenvalue weighted by Crippen LogP contribution is -2.02. The normalized spacial score (nSPS) is 10.4. The molecule has 0 fully saturated rings. The highest BCUT2D eigenvalue weighted by molar-refractivity contribution is 9.10. The average Bonchev–Trinajstić information content (AvgIpc) is 2.78. The van der Waals surface area contributed by atoms with Gasteiger partial charge in [-0.3, -0.25) is 10.1 Å². The van der Waals surface area contributed by atoms with Crippen molar-refractivity contribution in [3.63, 3.8) is 0 Å². The van der Waals surface area contributed by atoms with Gasteiger partial charge in [-0.2, -0.15) is 0 Å². The molecule has 0 aliphatic heterocycles. The number of pyridine rings is 1. The summed E-state index contributed by atoms with van der Waals surface area (Å²) in [7, 11) is 0. The van der Waals surface area contributed by atoms with E-state index in [4.69, 9.17) is 9.52 Å². The number of carbonyl (C=O) groups is 1. The zero-order chi connectivity index (χ0) is 15.6. The summed E-state index contributed by atoms with van der Waals surface area (Å²) in [6.45, 7) is 1.77. The van der Waals surface area contributed by atoms with Crippen molar-refractivity contribution in [2.75, 3.05) is 5.32 Å². The molecule has 0 aromatic carbocycles. The molecule has 21 heavy (non-hydrogen) atoms. The summed E-state index contributed by atoms with van der Waals surface area (Å²) in [4.78, 5) is 24.9. The Balaban J connectivity index is 2.11. The van der Waals surface area contributed by atoms with Crippen molar-refractivity contribution in [2.45, 2.75) is 13.5 Å². The first-order chi connectivity index (χ1) is 9.88. The second-order valence-corrected chi connectivity index (χ2v) is 4.98. The predicted molar refractivity (Wildman–Crippen MR) is 76.3 cm³/mol. The number of nitrogens with zero attached hydrogens (tertiary/aromatic N) is 2. The minimum absolute atomic E-state index is 0.0996. The highest BCUT2D eigenvalue weighted by Gasteiger charge is 2.15. The molecule has 110 valence electrons. The van der Waals surface area contributed by atoms with Gasteiger partial charge in [0, 0.05) is 6.07 Å². The van der Waals surface area contributed by atoms with Crippen molar-refractivity contribution in [1.82, 2.24) is 4.98 Å². The van der Waals surface area contributed by atoms with Crippen molar-refractivity contribution in [1.29, 1.82) is 0 Å². The number of aryl methyl sites for hydroxylation is 1. The molecule has 9 heteroatoms. The monoisotopic (exact) mass is 355 g/mol. The van der Waals surface area contributed by atoms with Crippen LogP contribution in [0.5, 0.6) is 0 Å². The Kier molecular flexibility index (Phi) is 4.22. The molecule has 0 saturated heterocycles. The van der Waals surface area contributed by atoms with E-state index in [0.717, 1.165) is 6.20 Å². The van der Waals surface area contributed by atoms with Gasteiger partial charge in [0.25, 0.3) is 5.69 Å². The van der Waals surface area contributed by atoms with E-state index in [2.05, 4.69) is 26.2 Å². The molecule has 0 saturated carbocycles. The van der Waals surface area contributed by atoms with E-state index in [1.165, 1.54) is 12.1 Å². The quantitative estimate of drug-likeness (QED) is 0.624. The van der Waals surface area contributed by atoms with Crippen LogP contribution >= 0.6 is 15.9 Å². The molecule has 0 atom stereocenters. The van der Waals surface area contributed by atoms with E-state index in [-0.39, 0.29) is 17.8 Å². The molecule has 0 aliphatic rings. The number of hydrogen-bond donors (Lipinski definition) is 2. The summed E-state index contributed by atoms with van der Waals surface area (Å²) < 4.78 is 5.73. The van der Waals surface area contributed by atoms with Crippen LogP contribution in [0.4, 0.5) is 11.5 Å². The summed E-state index contributed by atoms with van der Waals surface area (Å²) in [5.41, 5.74) is -0.0306. The molecule has 0 amide bonds. The van der Waals surface area contributed by atoms with Crippen molar-refractivity contribution in [2.24, 2.45) is 0 Å². The van der Waals surface area contributed by atoms with Gasteiger partial charge < -0.3 is 14.8 Å². The van der Waals surface area contributed by atoms with Crippen LogP contribution in [0, 0.1) is 17.0 Å². The van der Waals surface area contributed by atoms with Crippen LogP contribution < -0.4 is 5.32 Å². The zero-order valence-electron chi connectivity index (χ0n) is 10.8. The Bertz CT molecular complexity index is 713. The van der Waals surface area contributed by atoms with E-state index in [0.29, 0.717) is 21.8 Å². The molecule has 0 aliphatic carbocycles. The van der Waals surface area contributed by atoms with Gasteiger partial charge in [0.2, 0.25) is 0 Å². The molecule has 0 spiro atoms. The summed E-state index contributed by atoms with van der Waals surface area (Å²) in [6, 6.07) is 2.75. The first kappa shape index (κ1) is 15.0. The average molecular weight is 356 g/mol. The molecular formula is C12H10BrN3O5. The number of anilines is 1. The molecule has 2 N–H and O–H groups in total. The van der Waals surface area contributed by atoms with Crippen molar-refractivity contribution >= 4 is 33.4 Å². The van der Waals surface area contributed by atoms with Gasteiger partial charge in [-0.25, -0.2) is 9.78 Å². The zero-order valence-corrected chi connectivity index (χ0v) is 12.4. The number of nitro groups is 1.